The highest BCUT2D eigenvalue weighted by molar-refractivity contribution is 7.18. The molecule has 34 heavy (non-hydrogen) atoms. The number of ether oxygens (including phenoxy) is 1. The van der Waals surface area contributed by atoms with E-state index in [1.54, 1.807) is 46.8 Å². The first-order valence-corrected chi connectivity index (χ1v) is 11.6. The Morgan fingerprint density at radius 1 is 1.18 bits per heavy atom. The monoisotopic (exact) mass is 486 g/mol. The summed E-state index contributed by atoms with van der Waals surface area (Å²) >= 11 is 1.54. The molecule has 0 spiro atoms. The van der Waals surface area contributed by atoms with Gasteiger partial charge in [-0.3, -0.25) is 14.3 Å². The summed E-state index contributed by atoms with van der Waals surface area (Å²) in [6, 6.07) is 9.90. The molecule has 0 radical (unpaired) electrons. The number of rotatable bonds is 6. The van der Waals surface area contributed by atoms with Crippen LogP contribution in [0.25, 0.3) is 10.2 Å². The first-order valence-electron chi connectivity index (χ1n) is 10.8. The zero-order valence-corrected chi connectivity index (χ0v) is 18.8. The van der Waals surface area contributed by atoms with Crippen LogP contribution in [0.1, 0.15) is 28.0 Å². The molecule has 0 fully saturated rings. The Labute approximate surface area is 197 Å². The largest absolute Gasteiger partial charge is 0.573 e. The van der Waals surface area contributed by atoms with E-state index in [4.69, 9.17) is 0 Å². The van der Waals surface area contributed by atoms with Gasteiger partial charge in [0.2, 0.25) is 0 Å². The van der Waals surface area contributed by atoms with Crippen LogP contribution in [0.4, 0.5) is 13.2 Å². The molecule has 1 unspecified atom stereocenters. The molecular formula is C24H21F3N4O2S. The lowest BCUT2D eigenvalue weighted by Gasteiger charge is -2.23. The van der Waals surface area contributed by atoms with Gasteiger partial charge in [-0.15, -0.1) is 24.5 Å². The van der Waals surface area contributed by atoms with Crippen molar-refractivity contribution in [2.75, 3.05) is 0 Å². The van der Waals surface area contributed by atoms with E-state index in [1.165, 1.54) is 12.1 Å². The van der Waals surface area contributed by atoms with E-state index in [0.717, 1.165) is 40.1 Å². The molecule has 0 amide bonds. The lowest BCUT2D eigenvalue weighted by molar-refractivity contribution is -0.274. The average molecular weight is 487 g/mol. The number of fused-ring (bicyclic) bond motifs is 3. The maximum atomic E-state index is 13.2. The van der Waals surface area contributed by atoms with Crippen molar-refractivity contribution in [3.63, 3.8) is 0 Å². The predicted molar refractivity (Wildman–Crippen MR) is 123 cm³/mol. The SMILES string of the molecule is O=c1c2c3c(sc2ncn1Cc1ccncc1)CC(NCc1cccc(OC(F)(F)F)c1)CC3. The van der Waals surface area contributed by atoms with E-state index < -0.39 is 6.36 Å². The molecule has 3 aromatic heterocycles. The van der Waals surface area contributed by atoms with Crippen molar-refractivity contribution in [1.29, 1.82) is 0 Å². The molecule has 5 rings (SSSR count). The van der Waals surface area contributed by atoms with E-state index in [9.17, 15) is 18.0 Å². The lowest BCUT2D eigenvalue weighted by atomic mass is 9.93. The molecule has 1 aliphatic rings. The van der Waals surface area contributed by atoms with E-state index >= 15 is 0 Å². The van der Waals surface area contributed by atoms with Crippen LogP contribution < -0.4 is 15.6 Å². The average Bonchev–Trinajstić information content (AvgIpc) is 3.18. The molecule has 0 aliphatic heterocycles. The first kappa shape index (κ1) is 22.5. The van der Waals surface area contributed by atoms with Crippen LogP contribution in [0.5, 0.6) is 5.75 Å². The maximum Gasteiger partial charge on any atom is 0.573 e. The number of thiophene rings is 1. The van der Waals surface area contributed by atoms with E-state index in [1.807, 2.05) is 12.1 Å². The van der Waals surface area contributed by atoms with Gasteiger partial charge in [0.05, 0.1) is 18.3 Å². The van der Waals surface area contributed by atoms with Crippen molar-refractivity contribution in [3.8, 4) is 5.75 Å². The molecule has 1 aromatic carbocycles. The van der Waals surface area contributed by atoms with Crippen molar-refractivity contribution in [2.45, 2.75) is 44.8 Å². The Morgan fingerprint density at radius 2 is 2.00 bits per heavy atom. The van der Waals surface area contributed by atoms with Crippen LogP contribution in [0.15, 0.2) is 59.9 Å². The van der Waals surface area contributed by atoms with Gasteiger partial charge in [-0.1, -0.05) is 12.1 Å². The molecule has 1 atom stereocenters. The third-order valence-corrected chi connectivity index (χ3v) is 7.03. The summed E-state index contributed by atoms with van der Waals surface area (Å²) in [4.78, 5) is 23.6. The third-order valence-electron chi connectivity index (χ3n) is 5.86. The number of nitrogens with one attached hydrogen (secondary N) is 1. The summed E-state index contributed by atoms with van der Waals surface area (Å²) in [5.41, 5.74) is 2.73. The summed E-state index contributed by atoms with van der Waals surface area (Å²) in [6.45, 7) is 0.868. The highest BCUT2D eigenvalue weighted by Crippen LogP contribution is 2.34. The van der Waals surface area contributed by atoms with Gasteiger partial charge >= 0.3 is 6.36 Å². The molecule has 6 nitrogen and oxygen atoms in total. The second kappa shape index (κ2) is 9.19. The van der Waals surface area contributed by atoms with Gasteiger partial charge in [-0.25, -0.2) is 4.98 Å². The quantitative estimate of drug-likeness (QED) is 0.436. The topological polar surface area (TPSA) is 69.0 Å². The molecule has 0 saturated heterocycles. The fourth-order valence-corrected chi connectivity index (χ4v) is 5.55. The molecule has 4 aromatic rings. The predicted octanol–water partition coefficient (Wildman–Crippen LogP) is 4.45. The van der Waals surface area contributed by atoms with E-state index in [0.29, 0.717) is 24.0 Å². The van der Waals surface area contributed by atoms with Gasteiger partial charge < -0.3 is 10.1 Å². The molecule has 176 valence electrons. The number of pyridine rings is 1. The van der Waals surface area contributed by atoms with Crippen molar-refractivity contribution >= 4 is 21.6 Å². The van der Waals surface area contributed by atoms with Gasteiger partial charge in [0.15, 0.2) is 0 Å². The van der Waals surface area contributed by atoms with Gasteiger partial charge in [0.25, 0.3) is 5.56 Å². The normalized spacial score (nSPS) is 15.9. The lowest BCUT2D eigenvalue weighted by Crippen LogP contribution is -2.33. The highest BCUT2D eigenvalue weighted by atomic mass is 32.1. The highest BCUT2D eigenvalue weighted by Gasteiger charge is 2.31. The zero-order chi connectivity index (χ0) is 23.7. The summed E-state index contributed by atoms with van der Waals surface area (Å²) in [5.74, 6) is -0.226. The minimum absolute atomic E-state index is 0.0350. The number of hydrogen-bond donors (Lipinski definition) is 1. The zero-order valence-electron chi connectivity index (χ0n) is 18.0. The van der Waals surface area contributed by atoms with Crippen LogP contribution in [-0.4, -0.2) is 26.9 Å². The molecular weight excluding hydrogens is 465 g/mol. The number of aromatic nitrogens is 3. The van der Waals surface area contributed by atoms with Crippen LogP contribution in [0.2, 0.25) is 0 Å². The van der Waals surface area contributed by atoms with Crippen LogP contribution in [0, 0.1) is 0 Å². The van der Waals surface area contributed by atoms with Gasteiger partial charge in [-0.2, -0.15) is 0 Å². The number of aryl methyl sites for hydroxylation is 1. The summed E-state index contributed by atoms with van der Waals surface area (Å²) in [7, 11) is 0. The maximum absolute atomic E-state index is 13.2. The number of halogens is 3. The summed E-state index contributed by atoms with van der Waals surface area (Å²) in [5, 5.41) is 4.13. The molecule has 1 aliphatic carbocycles. The second-order valence-electron chi connectivity index (χ2n) is 8.23. The van der Waals surface area contributed by atoms with Gasteiger partial charge in [-0.05, 0) is 60.2 Å². The van der Waals surface area contributed by atoms with Crippen molar-refractivity contribution in [2.24, 2.45) is 0 Å². The first-order chi connectivity index (χ1) is 16.4. The molecule has 1 N–H and O–H groups in total. The van der Waals surface area contributed by atoms with Crippen molar-refractivity contribution < 1.29 is 17.9 Å². The van der Waals surface area contributed by atoms with Gasteiger partial charge in [0.1, 0.15) is 10.6 Å². The Morgan fingerprint density at radius 3 is 2.79 bits per heavy atom. The second-order valence-corrected chi connectivity index (χ2v) is 9.32. The number of alkyl halides is 3. The smallest absolute Gasteiger partial charge is 0.406 e. The van der Waals surface area contributed by atoms with Crippen molar-refractivity contribution in [3.05, 3.63) is 87.0 Å². The number of nitrogens with zero attached hydrogens (tertiary/aromatic N) is 3. The Balaban J connectivity index is 1.29. The molecule has 0 saturated carbocycles. The third kappa shape index (κ3) is 4.97. The number of hydrogen-bond acceptors (Lipinski definition) is 6. The van der Waals surface area contributed by atoms with E-state index in [-0.39, 0.29) is 17.4 Å². The van der Waals surface area contributed by atoms with Crippen molar-refractivity contribution in [1.82, 2.24) is 19.9 Å². The standard InChI is InChI=1S/C24H21F3N4O2S/c25-24(26,27)33-18-3-1-2-16(10-18)12-29-17-4-5-19-20(11-17)34-22-21(19)23(32)31(14-30-22)13-15-6-8-28-9-7-15/h1-3,6-10,14,17,29H,4-5,11-13H2. The Bertz CT molecular complexity index is 1370. The molecule has 0 bridgehead atoms. The summed E-state index contributed by atoms with van der Waals surface area (Å²) in [6.07, 6.45) is 2.61. The number of benzene rings is 1. The fraction of sp³-hybridized carbons (Fsp3) is 0.292. The van der Waals surface area contributed by atoms with E-state index in [2.05, 4.69) is 20.0 Å². The minimum Gasteiger partial charge on any atom is -0.406 e. The van der Waals surface area contributed by atoms with Crippen LogP contribution in [-0.2, 0) is 25.9 Å². The van der Waals surface area contributed by atoms with Gasteiger partial charge in [0, 0.05) is 29.9 Å². The Kier molecular flexibility index (Phi) is 6.09. The fourth-order valence-electron chi connectivity index (χ4n) is 4.29. The summed E-state index contributed by atoms with van der Waals surface area (Å²) < 4.78 is 43.1. The van der Waals surface area contributed by atoms with Crippen LogP contribution in [0.3, 0.4) is 0 Å². The molecule has 10 heteroatoms. The van der Waals surface area contributed by atoms with Crippen LogP contribution >= 0.6 is 11.3 Å². The molecule has 3 heterocycles. The Hall–Kier alpha value is -3.24. The minimum atomic E-state index is -4.71.